The number of carbonyl (C=O) groups excluding carboxylic acids is 3. The Morgan fingerprint density at radius 3 is 2.50 bits per heavy atom. The number of allylic oxidation sites excluding steroid dienone is 4. The molecule has 0 fully saturated rings. The molecule has 3 aromatic carbocycles. The highest BCUT2D eigenvalue weighted by atomic mass is 35.5. The minimum absolute atomic E-state index is 0.0273. The number of hydrogen-bond donors (Lipinski definition) is 2. The number of ketones is 1. The van der Waals surface area contributed by atoms with Gasteiger partial charge in [0.15, 0.2) is 5.78 Å². The minimum Gasteiger partial charge on any atom is -0.322 e. The first kappa shape index (κ1) is 23.5. The zero-order chi connectivity index (χ0) is 25.2. The Kier molecular flexibility index (Phi) is 6.40. The molecule has 0 spiro atoms. The average Bonchev–Trinajstić information content (AvgIpc) is 3.27. The van der Waals surface area contributed by atoms with E-state index in [-0.39, 0.29) is 17.9 Å². The summed E-state index contributed by atoms with van der Waals surface area (Å²) in [5.74, 6) is -1.89. The van der Waals surface area contributed by atoms with Crippen molar-refractivity contribution in [3.63, 3.8) is 0 Å². The summed E-state index contributed by atoms with van der Waals surface area (Å²) >= 11 is 5.93. The second-order valence-electron chi connectivity index (χ2n) is 8.51. The van der Waals surface area contributed by atoms with Gasteiger partial charge in [-0.15, -0.1) is 0 Å². The van der Waals surface area contributed by atoms with Crippen molar-refractivity contribution >= 4 is 46.4 Å². The van der Waals surface area contributed by atoms with Gasteiger partial charge in [0.2, 0.25) is 5.91 Å². The van der Waals surface area contributed by atoms with E-state index >= 15 is 0 Å². The van der Waals surface area contributed by atoms with Gasteiger partial charge in [-0.25, -0.2) is 9.18 Å². The van der Waals surface area contributed by atoms with Gasteiger partial charge in [0.25, 0.3) is 0 Å². The van der Waals surface area contributed by atoms with E-state index in [1.807, 2.05) is 12.1 Å². The monoisotopic (exact) mass is 501 g/mol. The number of nitrogens with zero attached hydrogens (tertiary/aromatic N) is 1. The Hall–Kier alpha value is -4.23. The van der Waals surface area contributed by atoms with Gasteiger partial charge < -0.3 is 10.6 Å². The molecule has 2 N–H and O–H groups in total. The summed E-state index contributed by atoms with van der Waals surface area (Å²) in [6.45, 7) is 0. The van der Waals surface area contributed by atoms with Crippen molar-refractivity contribution in [2.75, 3.05) is 15.5 Å². The summed E-state index contributed by atoms with van der Waals surface area (Å²) in [4.78, 5) is 40.0. The number of nitrogens with one attached hydrogen (secondary N) is 2. The maximum Gasteiger partial charge on any atom is 0.327 e. The highest BCUT2D eigenvalue weighted by Gasteiger charge is 2.38. The minimum atomic E-state index is -0.887. The fourth-order valence-corrected chi connectivity index (χ4v) is 4.53. The molecular weight excluding hydrogens is 481 g/mol. The molecule has 3 aromatic rings. The van der Waals surface area contributed by atoms with Crippen LogP contribution in [0.2, 0.25) is 5.02 Å². The third kappa shape index (κ3) is 4.65. The van der Waals surface area contributed by atoms with Gasteiger partial charge in [-0.05, 0) is 59.7 Å². The molecule has 0 saturated carbocycles. The summed E-state index contributed by atoms with van der Waals surface area (Å²) in [5, 5.41) is 5.94. The number of halogens is 2. The van der Waals surface area contributed by atoms with Crippen LogP contribution < -0.4 is 15.5 Å². The van der Waals surface area contributed by atoms with E-state index in [0.29, 0.717) is 22.0 Å². The van der Waals surface area contributed by atoms with Gasteiger partial charge >= 0.3 is 6.03 Å². The molecule has 0 radical (unpaired) electrons. The van der Waals surface area contributed by atoms with Crippen molar-refractivity contribution in [2.24, 2.45) is 0 Å². The number of fused-ring (bicyclic) bond motifs is 1. The van der Waals surface area contributed by atoms with Crippen molar-refractivity contribution in [1.29, 1.82) is 0 Å². The summed E-state index contributed by atoms with van der Waals surface area (Å²) in [7, 11) is 0. The molecule has 2 aliphatic rings. The van der Waals surface area contributed by atoms with Gasteiger partial charge in [-0.1, -0.05) is 54.1 Å². The number of carbonyl (C=O) groups is 3. The molecule has 0 saturated heterocycles. The standard InChI is InChI=1S/C28H21ClFN3O3/c29-19-10-12-20(13-11-19)31-28(36)33-24-7-3-1-5-18(24)16-25(33)27(35)32-23-14-9-17(15-22(23)30)21-6-2-4-8-26(21)34/h1-15,21,25H,16H2,(H,31,36)(H,32,35). The Bertz CT molecular complexity index is 1420. The largest absolute Gasteiger partial charge is 0.327 e. The average molecular weight is 502 g/mol. The van der Waals surface area contributed by atoms with Crippen LogP contribution in [0.5, 0.6) is 0 Å². The number of benzene rings is 3. The van der Waals surface area contributed by atoms with E-state index < -0.39 is 29.7 Å². The second-order valence-corrected chi connectivity index (χ2v) is 8.94. The van der Waals surface area contributed by atoms with Crippen LogP contribution in [0.15, 0.2) is 91.0 Å². The number of rotatable bonds is 4. The number of para-hydroxylation sites is 1. The number of amides is 3. The summed E-state index contributed by atoms with van der Waals surface area (Å²) in [5.41, 5.74) is 2.43. The lowest BCUT2D eigenvalue weighted by Gasteiger charge is -2.25. The molecule has 0 bridgehead atoms. The van der Waals surface area contributed by atoms with E-state index in [2.05, 4.69) is 10.6 Å². The van der Waals surface area contributed by atoms with Gasteiger partial charge in [0, 0.05) is 22.8 Å². The van der Waals surface area contributed by atoms with Crippen LogP contribution in [0.4, 0.5) is 26.2 Å². The predicted octanol–water partition coefficient (Wildman–Crippen LogP) is 5.86. The van der Waals surface area contributed by atoms with E-state index in [4.69, 9.17) is 11.6 Å². The molecule has 2 unspecified atom stereocenters. The molecule has 0 aromatic heterocycles. The number of urea groups is 1. The number of anilines is 3. The fraction of sp³-hybridized carbons (Fsp3) is 0.107. The molecule has 36 heavy (non-hydrogen) atoms. The van der Waals surface area contributed by atoms with Crippen LogP contribution in [0.3, 0.4) is 0 Å². The van der Waals surface area contributed by atoms with Crippen molar-refractivity contribution < 1.29 is 18.8 Å². The second kappa shape index (κ2) is 9.79. The quantitative estimate of drug-likeness (QED) is 0.470. The van der Waals surface area contributed by atoms with Crippen molar-refractivity contribution in [3.8, 4) is 0 Å². The molecule has 180 valence electrons. The first-order chi connectivity index (χ1) is 17.4. The zero-order valence-electron chi connectivity index (χ0n) is 18.9. The SMILES string of the molecule is O=C1C=CC=CC1c1ccc(NC(=O)C2Cc3ccccc3N2C(=O)Nc2ccc(Cl)cc2)c(F)c1. The Morgan fingerprint density at radius 1 is 0.972 bits per heavy atom. The van der Waals surface area contributed by atoms with E-state index in [1.165, 1.54) is 23.1 Å². The third-order valence-corrected chi connectivity index (χ3v) is 6.44. The van der Waals surface area contributed by atoms with Crippen molar-refractivity contribution in [3.05, 3.63) is 113 Å². The maximum atomic E-state index is 14.9. The van der Waals surface area contributed by atoms with Crippen LogP contribution in [0.25, 0.3) is 0 Å². The first-order valence-corrected chi connectivity index (χ1v) is 11.7. The molecule has 3 amide bonds. The van der Waals surface area contributed by atoms with Crippen LogP contribution in [0, 0.1) is 5.82 Å². The van der Waals surface area contributed by atoms with Crippen molar-refractivity contribution in [2.45, 2.75) is 18.4 Å². The summed E-state index contributed by atoms with van der Waals surface area (Å²) < 4.78 is 14.9. The molecule has 8 heteroatoms. The highest BCUT2D eigenvalue weighted by molar-refractivity contribution is 6.30. The molecule has 6 nitrogen and oxygen atoms in total. The predicted molar refractivity (Wildman–Crippen MR) is 138 cm³/mol. The van der Waals surface area contributed by atoms with Crippen LogP contribution in [0.1, 0.15) is 17.0 Å². The molecule has 5 rings (SSSR count). The summed E-state index contributed by atoms with van der Waals surface area (Å²) in [6, 6.07) is 16.8. The van der Waals surface area contributed by atoms with Crippen LogP contribution in [-0.2, 0) is 16.0 Å². The Morgan fingerprint density at radius 2 is 1.75 bits per heavy atom. The lowest BCUT2D eigenvalue weighted by Crippen LogP contribution is -2.47. The number of hydrogen-bond acceptors (Lipinski definition) is 3. The molecule has 2 atom stereocenters. The Balaban J connectivity index is 1.36. The van der Waals surface area contributed by atoms with Gasteiger partial charge in [0.05, 0.1) is 11.6 Å². The smallest absolute Gasteiger partial charge is 0.322 e. The van der Waals surface area contributed by atoms with Crippen molar-refractivity contribution in [1.82, 2.24) is 0 Å². The van der Waals surface area contributed by atoms with Crippen LogP contribution in [-0.4, -0.2) is 23.8 Å². The molecular formula is C28H21ClFN3O3. The zero-order valence-corrected chi connectivity index (χ0v) is 19.7. The molecule has 1 aliphatic carbocycles. The molecule has 1 heterocycles. The van der Waals surface area contributed by atoms with E-state index in [1.54, 1.807) is 60.7 Å². The first-order valence-electron chi connectivity index (χ1n) is 11.3. The normalized spacial score (nSPS) is 18.2. The third-order valence-electron chi connectivity index (χ3n) is 6.18. The van der Waals surface area contributed by atoms with Gasteiger partial charge in [-0.2, -0.15) is 0 Å². The maximum absolute atomic E-state index is 14.9. The highest BCUT2D eigenvalue weighted by Crippen LogP contribution is 2.34. The fourth-order valence-electron chi connectivity index (χ4n) is 4.41. The molecule has 1 aliphatic heterocycles. The summed E-state index contributed by atoms with van der Waals surface area (Å²) in [6.07, 6.45) is 6.80. The van der Waals surface area contributed by atoms with E-state index in [0.717, 1.165) is 5.56 Å². The van der Waals surface area contributed by atoms with Gasteiger partial charge in [-0.3, -0.25) is 14.5 Å². The lowest BCUT2D eigenvalue weighted by molar-refractivity contribution is -0.117. The van der Waals surface area contributed by atoms with Crippen LogP contribution >= 0.6 is 11.6 Å². The Labute approximate surface area is 212 Å². The van der Waals surface area contributed by atoms with E-state index in [9.17, 15) is 18.8 Å². The topological polar surface area (TPSA) is 78.5 Å². The van der Waals surface area contributed by atoms with Gasteiger partial charge in [0.1, 0.15) is 11.9 Å². The lowest BCUT2D eigenvalue weighted by atomic mass is 9.91.